The molecule has 3 nitrogen and oxygen atoms in total. The van der Waals surface area contributed by atoms with Crippen molar-refractivity contribution in [2.24, 2.45) is 0 Å². The molecule has 1 heterocycles. The van der Waals surface area contributed by atoms with E-state index >= 15 is 0 Å². The van der Waals surface area contributed by atoms with Gasteiger partial charge in [0.15, 0.2) is 0 Å². The van der Waals surface area contributed by atoms with Crippen molar-refractivity contribution in [2.45, 2.75) is 32.0 Å². The maximum absolute atomic E-state index is 5.78. The van der Waals surface area contributed by atoms with Crippen LogP contribution in [0.1, 0.15) is 24.8 Å². The Kier molecular flexibility index (Phi) is 6.20. The van der Waals surface area contributed by atoms with Gasteiger partial charge in [-0.1, -0.05) is 30.3 Å². The number of hydrogen-bond donors (Lipinski definition) is 0. The molecule has 100 valence electrons. The smallest absolute Gasteiger partial charge is 0.0716 e. The number of rotatable bonds is 7. The Morgan fingerprint density at radius 1 is 1.06 bits per heavy atom. The van der Waals surface area contributed by atoms with Gasteiger partial charge in [0, 0.05) is 26.4 Å². The van der Waals surface area contributed by atoms with Crippen LogP contribution in [0.4, 0.5) is 0 Å². The molecule has 1 aromatic carbocycles. The van der Waals surface area contributed by atoms with Crippen molar-refractivity contribution in [1.29, 1.82) is 0 Å². The number of ether oxygens (including phenoxy) is 3. The minimum absolute atomic E-state index is 0.396. The van der Waals surface area contributed by atoms with Gasteiger partial charge in [0.2, 0.25) is 0 Å². The van der Waals surface area contributed by atoms with Crippen LogP contribution >= 0.6 is 0 Å². The van der Waals surface area contributed by atoms with Gasteiger partial charge in [-0.05, 0) is 24.8 Å². The highest BCUT2D eigenvalue weighted by molar-refractivity contribution is 5.13. The molecule has 1 aliphatic rings. The topological polar surface area (TPSA) is 27.7 Å². The average molecular weight is 250 g/mol. The summed E-state index contributed by atoms with van der Waals surface area (Å²) in [6, 6.07) is 10.3. The van der Waals surface area contributed by atoms with Crippen molar-refractivity contribution in [1.82, 2.24) is 0 Å². The maximum Gasteiger partial charge on any atom is 0.0716 e. The monoisotopic (exact) mass is 250 g/mol. The molecule has 18 heavy (non-hydrogen) atoms. The Bertz CT molecular complexity index is 307. The maximum atomic E-state index is 5.78. The van der Waals surface area contributed by atoms with Crippen LogP contribution < -0.4 is 0 Å². The van der Waals surface area contributed by atoms with Gasteiger partial charge in [-0.25, -0.2) is 0 Å². The first-order valence-electron chi connectivity index (χ1n) is 6.76. The van der Waals surface area contributed by atoms with Crippen LogP contribution in [0.25, 0.3) is 0 Å². The molecule has 1 aromatic rings. The molecule has 3 heteroatoms. The summed E-state index contributed by atoms with van der Waals surface area (Å²) in [6.45, 7) is 3.93. The third-order valence-electron chi connectivity index (χ3n) is 3.07. The first-order valence-corrected chi connectivity index (χ1v) is 6.76. The molecular formula is C15H22O3. The van der Waals surface area contributed by atoms with E-state index in [0.717, 1.165) is 45.7 Å². The van der Waals surface area contributed by atoms with Gasteiger partial charge < -0.3 is 14.2 Å². The molecule has 0 spiro atoms. The van der Waals surface area contributed by atoms with Crippen molar-refractivity contribution >= 4 is 0 Å². The van der Waals surface area contributed by atoms with E-state index in [1.54, 1.807) is 0 Å². The van der Waals surface area contributed by atoms with Gasteiger partial charge in [-0.3, -0.25) is 0 Å². The second-order valence-electron chi connectivity index (χ2n) is 4.57. The summed E-state index contributed by atoms with van der Waals surface area (Å²) < 4.78 is 16.7. The van der Waals surface area contributed by atoms with Crippen molar-refractivity contribution in [2.75, 3.05) is 26.4 Å². The summed E-state index contributed by atoms with van der Waals surface area (Å²) in [6.07, 6.45) is 3.42. The Morgan fingerprint density at radius 3 is 2.61 bits per heavy atom. The molecule has 0 atom stereocenters. The van der Waals surface area contributed by atoms with Crippen LogP contribution in [0.15, 0.2) is 30.3 Å². The molecule has 0 unspecified atom stereocenters. The quantitative estimate of drug-likeness (QED) is 0.696. The molecule has 1 aliphatic heterocycles. The SMILES string of the molecule is c1ccc(COCCCOC2CCOCC2)cc1. The molecule has 2 rings (SSSR count). The summed E-state index contributed by atoms with van der Waals surface area (Å²) in [5.74, 6) is 0. The molecule has 0 amide bonds. The first kappa shape index (κ1) is 13.5. The zero-order valence-corrected chi connectivity index (χ0v) is 10.8. The van der Waals surface area contributed by atoms with Crippen LogP contribution in [0.5, 0.6) is 0 Å². The lowest BCUT2D eigenvalue weighted by molar-refractivity contribution is -0.0375. The van der Waals surface area contributed by atoms with Crippen molar-refractivity contribution < 1.29 is 14.2 Å². The molecule has 0 aromatic heterocycles. The summed E-state index contributed by atoms with van der Waals surface area (Å²) in [5, 5.41) is 0. The molecule has 1 fully saturated rings. The summed E-state index contributed by atoms with van der Waals surface area (Å²) in [5.41, 5.74) is 1.22. The van der Waals surface area contributed by atoms with Gasteiger partial charge in [-0.15, -0.1) is 0 Å². The predicted molar refractivity (Wildman–Crippen MR) is 70.5 cm³/mol. The highest BCUT2D eigenvalue weighted by Crippen LogP contribution is 2.10. The van der Waals surface area contributed by atoms with E-state index in [4.69, 9.17) is 14.2 Å². The Morgan fingerprint density at radius 2 is 1.83 bits per heavy atom. The van der Waals surface area contributed by atoms with E-state index < -0.39 is 0 Å². The Balaban J connectivity index is 1.46. The second kappa shape index (κ2) is 8.25. The summed E-state index contributed by atoms with van der Waals surface area (Å²) in [7, 11) is 0. The largest absolute Gasteiger partial charge is 0.381 e. The third-order valence-corrected chi connectivity index (χ3v) is 3.07. The zero-order chi connectivity index (χ0) is 12.5. The van der Waals surface area contributed by atoms with Crippen LogP contribution in [-0.2, 0) is 20.8 Å². The molecule has 0 saturated carbocycles. The Labute approximate surface area is 109 Å². The standard InChI is InChI=1S/C15H22O3/c1-2-5-14(6-3-1)13-17-9-4-10-18-15-7-11-16-12-8-15/h1-3,5-6,15H,4,7-13H2. The van der Waals surface area contributed by atoms with Gasteiger partial charge in [0.05, 0.1) is 12.7 Å². The fourth-order valence-corrected chi connectivity index (χ4v) is 2.02. The lowest BCUT2D eigenvalue weighted by atomic mass is 10.1. The molecule has 1 saturated heterocycles. The fraction of sp³-hybridized carbons (Fsp3) is 0.600. The van der Waals surface area contributed by atoms with E-state index in [1.165, 1.54) is 5.56 Å². The molecule has 0 N–H and O–H groups in total. The first-order chi connectivity index (χ1) is 8.95. The number of benzene rings is 1. The van der Waals surface area contributed by atoms with Gasteiger partial charge in [-0.2, -0.15) is 0 Å². The van der Waals surface area contributed by atoms with E-state index in [9.17, 15) is 0 Å². The third kappa shape index (κ3) is 5.17. The van der Waals surface area contributed by atoms with Crippen molar-refractivity contribution in [3.8, 4) is 0 Å². The predicted octanol–water partition coefficient (Wildman–Crippen LogP) is 2.79. The van der Waals surface area contributed by atoms with Crippen molar-refractivity contribution in [3.63, 3.8) is 0 Å². The lowest BCUT2D eigenvalue weighted by Crippen LogP contribution is -2.24. The van der Waals surface area contributed by atoms with Crippen LogP contribution in [0.2, 0.25) is 0 Å². The highest BCUT2D eigenvalue weighted by Gasteiger charge is 2.13. The molecule has 0 aliphatic carbocycles. The van der Waals surface area contributed by atoms with Crippen LogP contribution in [0, 0.1) is 0 Å². The van der Waals surface area contributed by atoms with E-state index in [0.29, 0.717) is 12.7 Å². The van der Waals surface area contributed by atoms with Crippen molar-refractivity contribution in [3.05, 3.63) is 35.9 Å². The molecule has 0 bridgehead atoms. The van der Waals surface area contributed by atoms with Crippen LogP contribution in [-0.4, -0.2) is 32.5 Å². The zero-order valence-electron chi connectivity index (χ0n) is 10.8. The minimum atomic E-state index is 0.396. The Hall–Kier alpha value is -0.900. The van der Waals surface area contributed by atoms with E-state index in [-0.39, 0.29) is 0 Å². The van der Waals surface area contributed by atoms with Gasteiger partial charge >= 0.3 is 0 Å². The minimum Gasteiger partial charge on any atom is -0.381 e. The van der Waals surface area contributed by atoms with Gasteiger partial charge in [0.1, 0.15) is 0 Å². The highest BCUT2D eigenvalue weighted by atomic mass is 16.5. The summed E-state index contributed by atoms with van der Waals surface area (Å²) >= 11 is 0. The van der Waals surface area contributed by atoms with E-state index in [1.807, 2.05) is 18.2 Å². The van der Waals surface area contributed by atoms with Crippen LogP contribution in [0.3, 0.4) is 0 Å². The second-order valence-corrected chi connectivity index (χ2v) is 4.57. The fourth-order valence-electron chi connectivity index (χ4n) is 2.02. The van der Waals surface area contributed by atoms with E-state index in [2.05, 4.69) is 12.1 Å². The average Bonchev–Trinajstić information content (AvgIpc) is 2.45. The molecule has 0 radical (unpaired) electrons. The number of hydrogen-bond acceptors (Lipinski definition) is 3. The molecular weight excluding hydrogens is 228 g/mol. The summed E-state index contributed by atoms with van der Waals surface area (Å²) in [4.78, 5) is 0. The normalized spacial score (nSPS) is 16.9. The lowest BCUT2D eigenvalue weighted by Gasteiger charge is -2.22. The van der Waals surface area contributed by atoms with Gasteiger partial charge in [0.25, 0.3) is 0 Å².